The molecule has 0 spiro atoms. The second-order valence-electron chi connectivity index (χ2n) is 4.84. The third kappa shape index (κ3) is 3.56. The highest BCUT2D eigenvalue weighted by atomic mass is 16.5. The first-order valence-electron chi connectivity index (χ1n) is 6.45. The van der Waals surface area contributed by atoms with E-state index in [1.807, 2.05) is 13.0 Å². The van der Waals surface area contributed by atoms with E-state index in [9.17, 15) is 4.79 Å². The number of methoxy groups -OCH3 is 1. The van der Waals surface area contributed by atoms with Crippen molar-refractivity contribution in [3.05, 3.63) is 11.9 Å². The summed E-state index contributed by atoms with van der Waals surface area (Å²) in [5.74, 6) is 1.67. The van der Waals surface area contributed by atoms with Crippen molar-refractivity contribution in [3.8, 4) is 5.88 Å². The number of hydrogen-bond acceptors (Lipinski definition) is 5. The van der Waals surface area contributed by atoms with Gasteiger partial charge in [0.2, 0.25) is 5.88 Å². The zero-order chi connectivity index (χ0) is 13.8. The van der Waals surface area contributed by atoms with E-state index in [0.29, 0.717) is 11.7 Å². The fraction of sp³-hybridized carbons (Fsp3) is 0.615. The van der Waals surface area contributed by atoms with Crippen molar-refractivity contribution < 1.29 is 14.6 Å². The van der Waals surface area contributed by atoms with Crippen LogP contribution < -0.4 is 9.64 Å². The summed E-state index contributed by atoms with van der Waals surface area (Å²) in [5, 5.41) is 8.80. The van der Waals surface area contributed by atoms with Gasteiger partial charge < -0.3 is 14.7 Å². The van der Waals surface area contributed by atoms with Crippen molar-refractivity contribution >= 4 is 11.8 Å². The highest BCUT2D eigenvalue weighted by Gasteiger charge is 2.22. The van der Waals surface area contributed by atoms with Gasteiger partial charge in [0.25, 0.3) is 0 Å². The van der Waals surface area contributed by atoms with Crippen LogP contribution in [0, 0.1) is 12.8 Å². The number of aryl methyl sites for hydroxylation is 1. The molecule has 0 radical (unpaired) electrons. The Kier molecular flexibility index (Phi) is 4.19. The molecule has 0 unspecified atom stereocenters. The Hall–Kier alpha value is -1.85. The Bertz CT molecular complexity index is 456. The fourth-order valence-electron chi connectivity index (χ4n) is 2.40. The van der Waals surface area contributed by atoms with Gasteiger partial charge in [0.1, 0.15) is 11.6 Å². The number of anilines is 1. The average Bonchev–Trinajstić information content (AvgIpc) is 2.38. The van der Waals surface area contributed by atoms with Crippen LogP contribution in [0.4, 0.5) is 5.82 Å². The third-order valence-corrected chi connectivity index (χ3v) is 3.41. The normalized spacial score (nSPS) is 16.4. The summed E-state index contributed by atoms with van der Waals surface area (Å²) in [5.41, 5.74) is 0. The fourth-order valence-corrected chi connectivity index (χ4v) is 2.40. The molecule has 1 aliphatic rings. The Morgan fingerprint density at radius 2 is 2.16 bits per heavy atom. The molecule has 6 heteroatoms. The average molecular weight is 265 g/mol. The standard InChI is InChI=1S/C13H19N3O3/c1-9-14-11(8-12(15-9)19-2)16-5-3-10(4-6-16)7-13(17)18/h8,10H,3-7H2,1-2H3,(H,17,18). The van der Waals surface area contributed by atoms with Crippen molar-refractivity contribution in [1.82, 2.24) is 9.97 Å². The molecule has 2 heterocycles. The summed E-state index contributed by atoms with van der Waals surface area (Å²) in [6.45, 7) is 3.50. The van der Waals surface area contributed by atoms with Crippen LogP contribution in [0.1, 0.15) is 25.1 Å². The molecule has 0 bridgehead atoms. The molecule has 1 saturated heterocycles. The number of ether oxygens (including phenoxy) is 1. The van der Waals surface area contributed by atoms with Crippen LogP contribution >= 0.6 is 0 Å². The summed E-state index contributed by atoms with van der Waals surface area (Å²) in [6.07, 6.45) is 2.04. The lowest BCUT2D eigenvalue weighted by molar-refractivity contribution is -0.138. The summed E-state index contributed by atoms with van der Waals surface area (Å²) >= 11 is 0. The topological polar surface area (TPSA) is 75.5 Å². The Balaban J connectivity index is 2.01. The second-order valence-corrected chi connectivity index (χ2v) is 4.84. The molecule has 0 saturated carbocycles. The van der Waals surface area contributed by atoms with Gasteiger partial charge in [-0.2, -0.15) is 4.98 Å². The zero-order valence-corrected chi connectivity index (χ0v) is 11.3. The van der Waals surface area contributed by atoms with Crippen molar-refractivity contribution in [3.63, 3.8) is 0 Å². The van der Waals surface area contributed by atoms with Gasteiger partial charge >= 0.3 is 5.97 Å². The molecule has 0 aromatic carbocycles. The Morgan fingerprint density at radius 3 is 2.74 bits per heavy atom. The predicted octanol–water partition coefficient (Wildman–Crippen LogP) is 1.48. The number of carboxylic acids is 1. The lowest BCUT2D eigenvalue weighted by Gasteiger charge is -2.32. The molecule has 0 atom stereocenters. The SMILES string of the molecule is COc1cc(N2CCC(CC(=O)O)CC2)nc(C)n1. The number of piperidine rings is 1. The second kappa shape index (κ2) is 5.86. The largest absolute Gasteiger partial charge is 0.481 e. The van der Waals surface area contributed by atoms with E-state index in [-0.39, 0.29) is 12.3 Å². The molecule has 1 aromatic heterocycles. The van der Waals surface area contributed by atoms with Gasteiger partial charge in [-0.15, -0.1) is 0 Å². The highest BCUT2D eigenvalue weighted by molar-refractivity contribution is 5.67. The maximum absolute atomic E-state index is 10.7. The van der Waals surface area contributed by atoms with Crippen molar-refractivity contribution in [2.75, 3.05) is 25.1 Å². The Labute approximate surface area is 112 Å². The minimum atomic E-state index is -0.710. The molecule has 104 valence electrons. The molecule has 19 heavy (non-hydrogen) atoms. The number of carboxylic acid groups (broad SMARTS) is 1. The minimum Gasteiger partial charge on any atom is -0.481 e. The van der Waals surface area contributed by atoms with Crippen LogP contribution in [-0.4, -0.2) is 41.2 Å². The van der Waals surface area contributed by atoms with Crippen molar-refractivity contribution in [2.24, 2.45) is 5.92 Å². The highest BCUT2D eigenvalue weighted by Crippen LogP contribution is 2.25. The number of hydrogen-bond donors (Lipinski definition) is 1. The van der Waals surface area contributed by atoms with Crippen molar-refractivity contribution in [2.45, 2.75) is 26.2 Å². The van der Waals surface area contributed by atoms with Gasteiger partial charge in [-0.25, -0.2) is 4.98 Å². The Morgan fingerprint density at radius 1 is 1.47 bits per heavy atom. The monoisotopic (exact) mass is 265 g/mol. The van der Waals surface area contributed by atoms with Crippen molar-refractivity contribution in [1.29, 1.82) is 0 Å². The molecule has 1 aliphatic heterocycles. The number of nitrogens with zero attached hydrogens (tertiary/aromatic N) is 3. The molecule has 6 nitrogen and oxygen atoms in total. The molecular formula is C13H19N3O3. The zero-order valence-electron chi connectivity index (χ0n) is 11.3. The van der Waals surface area contributed by atoms with E-state index >= 15 is 0 Å². The molecule has 1 fully saturated rings. The number of rotatable bonds is 4. The molecule has 0 amide bonds. The first-order valence-corrected chi connectivity index (χ1v) is 6.45. The van der Waals surface area contributed by atoms with Crippen LogP contribution in [-0.2, 0) is 4.79 Å². The van der Waals surface area contributed by atoms with Gasteiger partial charge in [-0.05, 0) is 25.7 Å². The predicted molar refractivity (Wildman–Crippen MR) is 70.5 cm³/mol. The molecular weight excluding hydrogens is 246 g/mol. The van der Waals surface area contributed by atoms with E-state index in [4.69, 9.17) is 9.84 Å². The van der Waals surface area contributed by atoms with Crippen LogP contribution in [0.25, 0.3) is 0 Å². The smallest absolute Gasteiger partial charge is 0.303 e. The van der Waals surface area contributed by atoms with E-state index < -0.39 is 5.97 Å². The van der Waals surface area contributed by atoms with Crippen LogP contribution in [0.3, 0.4) is 0 Å². The van der Waals surface area contributed by atoms with Gasteiger partial charge in [-0.1, -0.05) is 0 Å². The van der Waals surface area contributed by atoms with Crippen LogP contribution in [0.15, 0.2) is 6.07 Å². The minimum absolute atomic E-state index is 0.264. The molecule has 2 rings (SSSR count). The van der Waals surface area contributed by atoms with Gasteiger partial charge in [0.05, 0.1) is 7.11 Å². The van der Waals surface area contributed by atoms with Gasteiger partial charge in [0, 0.05) is 25.6 Å². The molecule has 1 N–H and O–H groups in total. The first kappa shape index (κ1) is 13.6. The lowest BCUT2D eigenvalue weighted by Crippen LogP contribution is -2.35. The summed E-state index contributed by atoms with van der Waals surface area (Å²) in [6, 6.07) is 1.82. The summed E-state index contributed by atoms with van der Waals surface area (Å²) in [7, 11) is 1.59. The van der Waals surface area contributed by atoms with E-state index in [1.54, 1.807) is 7.11 Å². The molecule has 0 aliphatic carbocycles. The summed E-state index contributed by atoms with van der Waals surface area (Å²) in [4.78, 5) is 21.4. The van der Waals surface area contributed by atoms with E-state index in [1.165, 1.54) is 0 Å². The van der Waals surface area contributed by atoms with Gasteiger partial charge in [-0.3, -0.25) is 4.79 Å². The third-order valence-electron chi connectivity index (χ3n) is 3.41. The first-order chi connectivity index (χ1) is 9.08. The molecule has 1 aromatic rings. The quantitative estimate of drug-likeness (QED) is 0.888. The number of aromatic nitrogens is 2. The maximum Gasteiger partial charge on any atom is 0.303 e. The van der Waals surface area contributed by atoms with E-state index in [2.05, 4.69) is 14.9 Å². The number of aliphatic carboxylic acids is 1. The summed E-state index contributed by atoms with van der Waals surface area (Å²) < 4.78 is 5.14. The van der Waals surface area contributed by atoms with Crippen LogP contribution in [0.2, 0.25) is 0 Å². The van der Waals surface area contributed by atoms with Crippen LogP contribution in [0.5, 0.6) is 5.88 Å². The number of carbonyl (C=O) groups is 1. The van der Waals surface area contributed by atoms with E-state index in [0.717, 1.165) is 31.7 Å². The lowest BCUT2D eigenvalue weighted by atomic mass is 9.94. The maximum atomic E-state index is 10.7. The van der Waals surface area contributed by atoms with Gasteiger partial charge in [0.15, 0.2) is 0 Å².